The maximum atomic E-state index is 12.6. The number of hydrogen-bond acceptors (Lipinski definition) is 4. The molecule has 0 bridgehead atoms. The van der Waals surface area contributed by atoms with E-state index in [0.717, 1.165) is 17.0 Å². The molecule has 0 radical (unpaired) electrons. The molecule has 3 aromatic rings. The minimum absolute atomic E-state index is 0.119. The fourth-order valence-electron chi connectivity index (χ4n) is 3.11. The van der Waals surface area contributed by atoms with Crippen molar-refractivity contribution in [1.29, 1.82) is 0 Å². The van der Waals surface area contributed by atoms with Gasteiger partial charge in [0, 0.05) is 10.7 Å². The highest BCUT2D eigenvalue weighted by atomic mass is 35.5. The number of nitrogens with zero attached hydrogens (tertiary/aromatic N) is 2. The van der Waals surface area contributed by atoms with Gasteiger partial charge in [0.1, 0.15) is 11.9 Å². The Labute approximate surface area is 168 Å². The molecule has 7 heteroatoms. The quantitative estimate of drug-likeness (QED) is 0.690. The zero-order valence-electron chi connectivity index (χ0n) is 15.4. The van der Waals surface area contributed by atoms with E-state index in [4.69, 9.17) is 21.1 Å². The van der Waals surface area contributed by atoms with Crippen LogP contribution in [0.5, 0.6) is 5.75 Å². The average Bonchev–Trinajstić information content (AvgIpc) is 3.14. The van der Waals surface area contributed by atoms with Gasteiger partial charge in [0.2, 0.25) is 0 Å². The largest absolute Gasteiger partial charge is 0.494 e. The maximum absolute atomic E-state index is 12.6. The predicted octanol–water partition coefficient (Wildman–Crippen LogP) is 4.46. The molecule has 0 spiro atoms. The van der Waals surface area contributed by atoms with Gasteiger partial charge in [-0.2, -0.15) is 5.10 Å². The van der Waals surface area contributed by atoms with E-state index in [1.54, 1.807) is 18.2 Å². The molecule has 0 saturated carbocycles. The first-order valence-electron chi connectivity index (χ1n) is 9.10. The molecule has 4 rings (SSSR count). The van der Waals surface area contributed by atoms with Crippen molar-refractivity contribution < 1.29 is 14.3 Å². The molecular weight excluding hydrogens is 378 g/mol. The Morgan fingerprint density at radius 1 is 1.25 bits per heavy atom. The summed E-state index contributed by atoms with van der Waals surface area (Å²) in [6, 6.07) is 16.6. The molecule has 1 N–H and O–H groups in total. The van der Waals surface area contributed by atoms with Crippen LogP contribution in [-0.2, 0) is 17.9 Å². The zero-order chi connectivity index (χ0) is 19.5. The topological polar surface area (TPSA) is 65.4 Å². The normalized spacial score (nSPS) is 15.7. The molecule has 1 aliphatic heterocycles. The molecule has 0 saturated heterocycles. The summed E-state index contributed by atoms with van der Waals surface area (Å²) in [6.07, 6.45) is -0.119. The summed E-state index contributed by atoms with van der Waals surface area (Å²) in [6.45, 7) is 3.48. The predicted molar refractivity (Wildman–Crippen MR) is 107 cm³/mol. The van der Waals surface area contributed by atoms with Gasteiger partial charge in [0.15, 0.2) is 5.69 Å². The minimum atomic E-state index is -0.255. The third kappa shape index (κ3) is 4.03. The summed E-state index contributed by atoms with van der Waals surface area (Å²) in [5.41, 5.74) is 2.96. The SMILES string of the molecule is CCOc1ccc(NC(=O)c2cc3n(n2)C[C@@H](c2ccc(Cl)cc2)OC3)cc1. The number of fused-ring (bicyclic) bond motifs is 1. The number of halogens is 1. The van der Waals surface area contributed by atoms with Crippen molar-refractivity contribution in [1.82, 2.24) is 9.78 Å². The minimum Gasteiger partial charge on any atom is -0.494 e. The average molecular weight is 398 g/mol. The fourth-order valence-corrected chi connectivity index (χ4v) is 3.24. The van der Waals surface area contributed by atoms with Crippen LogP contribution in [0.15, 0.2) is 54.6 Å². The van der Waals surface area contributed by atoms with E-state index in [9.17, 15) is 4.79 Å². The van der Waals surface area contributed by atoms with Crippen LogP contribution in [0.2, 0.25) is 5.02 Å². The van der Waals surface area contributed by atoms with Crippen molar-refractivity contribution in [3.8, 4) is 5.75 Å². The smallest absolute Gasteiger partial charge is 0.276 e. The van der Waals surface area contributed by atoms with Crippen LogP contribution in [0.1, 0.15) is 34.8 Å². The van der Waals surface area contributed by atoms with E-state index in [2.05, 4.69) is 10.4 Å². The number of aromatic nitrogens is 2. The van der Waals surface area contributed by atoms with Gasteiger partial charge in [0.25, 0.3) is 5.91 Å². The number of rotatable bonds is 5. The van der Waals surface area contributed by atoms with Crippen LogP contribution in [0.25, 0.3) is 0 Å². The van der Waals surface area contributed by atoms with Crippen LogP contribution in [-0.4, -0.2) is 22.3 Å². The highest BCUT2D eigenvalue weighted by molar-refractivity contribution is 6.30. The van der Waals surface area contributed by atoms with Crippen molar-refractivity contribution in [2.45, 2.75) is 26.2 Å². The summed E-state index contributed by atoms with van der Waals surface area (Å²) in [5.74, 6) is 0.512. The van der Waals surface area contributed by atoms with E-state index in [0.29, 0.717) is 36.2 Å². The van der Waals surface area contributed by atoms with E-state index < -0.39 is 0 Å². The lowest BCUT2D eigenvalue weighted by Crippen LogP contribution is -2.22. The molecule has 2 aromatic carbocycles. The highest BCUT2D eigenvalue weighted by Gasteiger charge is 2.24. The molecule has 1 amide bonds. The van der Waals surface area contributed by atoms with E-state index in [1.165, 1.54) is 0 Å². The van der Waals surface area contributed by atoms with E-state index in [-0.39, 0.29) is 12.0 Å². The number of amides is 1. The summed E-state index contributed by atoms with van der Waals surface area (Å²) in [5, 5.41) is 8.01. The first kappa shape index (κ1) is 18.5. The molecular formula is C21H20ClN3O3. The molecule has 0 fully saturated rings. The standard InChI is InChI=1S/C21H20ClN3O3/c1-2-27-18-9-7-16(8-10-18)23-21(26)19-11-17-13-28-20(12-25(17)24-19)14-3-5-15(22)6-4-14/h3-11,20H,2,12-13H2,1H3,(H,23,26)/t20-/m0/s1. The first-order valence-corrected chi connectivity index (χ1v) is 9.48. The van der Waals surface area contributed by atoms with Gasteiger partial charge in [-0.15, -0.1) is 0 Å². The van der Waals surface area contributed by atoms with Crippen LogP contribution in [0.4, 0.5) is 5.69 Å². The van der Waals surface area contributed by atoms with Gasteiger partial charge in [-0.3, -0.25) is 9.48 Å². The Morgan fingerprint density at radius 3 is 2.71 bits per heavy atom. The molecule has 144 valence electrons. The van der Waals surface area contributed by atoms with Gasteiger partial charge < -0.3 is 14.8 Å². The highest BCUT2D eigenvalue weighted by Crippen LogP contribution is 2.27. The lowest BCUT2D eigenvalue weighted by Gasteiger charge is -2.24. The Bertz CT molecular complexity index is 968. The number of anilines is 1. The number of hydrogen-bond donors (Lipinski definition) is 1. The first-order chi connectivity index (χ1) is 13.6. The molecule has 1 aromatic heterocycles. The second-order valence-corrected chi connectivity index (χ2v) is 6.90. The Kier molecular flexibility index (Phi) is 5.32. The Morgan fingerprint density at radius 2 is 2.00 bits per heavy atom. The molecule has 1 aliphatic rings. The molecule has 0 aliphatic carbocycles. The lowest BCUT2D eigenvalue weighted by molar-refractivity contribution is -0.00118. The maximum Gasteiger partial charge on any atom is 0.276 e. The number of nitrogens with one attached hydrogen (secondary N) is 1. The van der Waals surface area contributed by atoms with Crippen LogP contribution < -0.4 is 10.1 Å². The molecule has 0 unspecified atom stereocenters. The fraction of sp³-hybridized carbons (Fsp3) is 0.238. The van der Waals surface area contributed by atoms with Gasteiger partial charge >= 0.3 is 0 Å². The van der Waals surface area contributed by atoms with Crippen molar-refractivity contribution in [2.75, 3.05) is 11.9 Å². The van der Waals surface area contributed by atoms with Crippen molar-refractivity contribution in [3.05, 3.63) is 76.6 Å². The Balaban J connectivity index is 1.44. The Hall–Kier alpha value is -2.83. The van der Waals surface area contributed by atoms with Gasteiger partial charge in [-0.05, 0) is 55.0 Å². The van der Waals surface area contributed by atoms with Gasteiger partial charge in [-0.1, -0.05) is 23.7 Å². The third-order valence-electron chi connectivity index (χ3n) is 4.53. The van der Waals surface area contributed by atoms with Crippen LogP contribution >= 0.6 is 11.6 Å². The third-order valence-corrected chi connectivity index (χ3v) is 4.78. The summed E-state index contributed by atoms with van der Waals surface area (Å²) in [7, 11) is 0. The van der Waals surface area contributed by atoms with E-state index in [1.807, 2.05) is 48.0 Å². The number of carbonyl (C=O) groups excluding carboxylic acids is 1. The second kappa shape index (κ2) is 8.04. The zero-order valence-corrected chi connectivity index (χ0v) is 16.1. The van der Waals surface area contributed by atoms with Crippen molar-refractivity contribution >= 4 is 23.2 Å². The summed E-state index contributed by atoms with van der Waals surface area (Å²) in [4.78, 5) is 12.6. The molecule has 28 heavy (non-hydrogen) atoms. The number of ether oxygens (including phenoxy) is 2. The molecule has 2 heterocycles. The van der Waals surface area contributed by atoms with Gasteiger partial charge in [0.05, 0.1) is 25.5 Å². The number of benzene rings is 2. The number of carbonyl (C=O) groups is 1. The second-order valence-electron chi connectivity index (χ2n) is 6.47. The summed E-state index contributed by atoms with van der Waals surface area (Å²) < 4.78 is 13.2. The van der Waals surface area contributed by atoms with Crippen molar-refractivity contribution in [2.24, 2.45) is 0 Å². The van der Waals surface area contributed by atoms with E-state index >= 15 is 0 Å². The van der Waals surface area contributed by atoms with Crippen LogP contribution in [0.3, 0.4) is 0 Å². The molecule has 1 atom stereocenters. The van der Waals surface area contributed by atoms with Gasteiger partial charge in [-0.25, -0.2) is 0 Å². The monoisotopic (exact) mass is 397 g/mol. The van der Waals surface area contributed by atoms with Crippen molar-refractivity contribution in [3.63, 3.8) is 0 Å². The molecule has 6 nitrogen and oxygen atoms in total. The summed E-state index contributed by atoms with van der Waals surface area (Å²) >= 11 is 5.95. The lowest BCUT2D eigenvalue weighted by atomic mass is 10.1. The van der Waals surface area contributed by atoms with Crippen LogP contribution in [0, 0.1) is 0 Å².